The molecule has 34 heavy (non-hydrogen) atoms. The number of methoxy groups -OCH3 is 3. The quantitative estimate of drug-likeness (QED) is 0.607. The van der Waals surface area contributed by atoms with Crippen LogP contribution in [-0.4, -0.2) is 51.8 Å². The molecule has 0 radical (unpaired) electrons. The van der Waals surface area contributed by atoms with Crippen molar-refractivity contribution >= 4 is 5.91 Å². The summed E-state index contributed by atoms with van der Waals surface area (Å²) < 4.78 is 23.1. The van der Waals surface area contributed by atoms with E-state index in [-0.39, 0.29) is 5.91 Å². The van der Waals surface area contributed by atoms with Crippen LogP contribution in [0.15, 0.2) is 30.3 Å². The molecule has 2 N–H and O–H groups in total. The molecule has 0 bridgehead atoms. The highest BCUT2D eigenvalue weighted by molar-refractivity contribution is 5.99. The second-order valence-corrected chi connectivity index (χ2v) is 9.15. The van der Waals surface area contributed by atoms with Gasteiger partial charge in [-0.15, -0.1) is 0 Å². The van der Waals surface area contributed by atoms with Gasteiger partial charge < -0.3 is 29.6 Å². The van der Waals surface area contributed by atoms with Crippen molar-refractivity contribution in [3.63, 3.8) is 0 Å². The molecule has 2 atom stereocenters. The Bertz CT molecular complexity index is 992. The number of benzene rings is 2. The Morgan fingerprint density at radius 3 is 2.26 bits per heavy atom. The highest BCUT2D eigenvalue weighted by atomic mass is 16.5. The minimum atomic E-state index is -0.0648. The van der Waals surface area contributed by atoms with Gasteiger partial charge in [0, 0.05) is 19.2 Å². The maximum atomic E-state index is 13.7. The van der Waals surface area contributed by atoms with E-state index in [1.165, 1.54) is 39.9 Å². The van der Waals surface area contributed by atoms with Gasteiger partial charge in [0.1, 0.15) is 5.75 Å². The van der Waals surface area contributed by atoms with E-state index >= 15 is 0 Å². The fourth-order valence-electron chi connectivity index (χ4n) is 5.39. The smallest absolute Gasteiger partial charge is 0.257 e. The largest absolute Gasteiger partial charge is 0.492 e. The lowest BCUT2D eigenvalue weighted by atomic mass is 9.75. The van der Waals surface area contributed by atoms with Crippen molar-refractivity contribution in [3.05, 3.63) is 41.5 Å². The Balaban J connectivity index is 1.66. The normalized spacial score (nSPS) is 19.8. The van der Waals surface area contributed by atoms with Gasteiger partial charge in [0.25, 0.3) is 5.91 Å². The molecule has 2 fully saturated rings. The average molecular weight is 469 g/mol. The third-order valence-corrected chi connectivity index (χ3v) is 7.16. The fraction of sp³-hybridized carbons (Fsp3) is 0.519. The molecule has 1 amide bonds. The summed E-state index contributed by atoms with van der Waals surface area (Å²) >= 11 is 0. The van der Waals surface area contributed by atoms with Crippen LogP contribution in [-0.2, 0) is 6.42 Å². The molecular formula is C27H36N2O5. The summed E-state index contributed by atoms with van der Waals surface area (Å²) in [6.07, 6.45) is 6.92. The first kappa shape index (κ1) is 24.2. The van der Waals surface area contributed by atoms with Crippen molar-refractivity contribution in [2.75, 3.05) is 41.0 Å². The number of hydrogen-bond acceptors (Lipinski definition) is 6. The third kappa shape index (κ3) is 4.94. The van der Waals surface area contributed by atoms with Crippen LogP contribution in [0.1, 0.15) is 48.0 Å². The predicted molar refractivity (Wildman–Crippen MR) is 131 cm³/mol. The van der Waals surface area contributed by atoms with Crippen LogP contribution in [0.5, 0.6) is 28.7 Å². The van der Waals surface area contributed by atoms with E-state index in [4.69, 9.17) is 24.7 Å². The van der Waals surface area contributed by atoms with Crippen LogP contribution >= 0.6 is 0 Å². The van der Waals surface area contributed by atoms with Crippen molar-refractivity contribution in [1.82, 2.24) is 4.90 Å². The van der Waals surface area contributed by atoms with E-state index < -0.39 is 0 Å². The monoisotopic (exact) mass is 468 g/mol. The molecule has 7 heteroatoms. The van der Waals surface area contributed by atoms with Crippen LogP contribution < -0.4 is 24.7 Å². The molecule has 1 aliphatic heterocycles. The lowest BCUT2D eigenvalue weighted by molar-refractivity contribution is 0.0517. The van der Waals surface area contributed by atoms with E-state index in [1.807, 2.05) is 29.2 Å². The maximum absolute atomic E-state index is 13.7. The highest BCUT2D eigenvalue weighted by Crippen LogP contribution is 2.48. The second-order valence-electron chi connectivity index (χ2n) is 9.15. The van der Waals surface area contributed by atoms with Crippen LogP contribution in [0.3, 0.4) is 0 Å². The maximum Gasteiger partial charge on any atom is 0.257 e. The van der Waals surface area contributed by atoms with Crippen molar-refractivity contribution < 1.29 is 23.7 Å². The number of likely N-dealkylation sites (tertiary alicyclic amines) is 1. The van der Waals surface area contributed by atoms with Gasteiger partial charge in [0.2, 0.25) is 11.5 Å². The van der Waals surface area contributed by atoms with Gasteiger partial charge in [-0.05, 0) is 55.3 Å². The van der Waals surface area contributed by atoms with Gasteiger partial charge in [-0.3, -0.25) is 4.79 Å². The summed E-state index contributed by atoms with van der Waals surface area (Å²) in [7, 11) is 4.62. The Hall–Kier alpha value is -2.93. The van der Waals surface area contributed by atoms with Crippen LogP contribution in [0.25, 0.3) is 0 Å². The number of fused-ring (bicyclic) bond motifs is 1. The zero-order valence-electron chi connectivity index (χ0n) is 20.5. The van der Waals surface area contributed by atoms with E-state index in [9.17, 15) is 4.79 Å². The first-order valence-corrected chi connectivity index (χ1v) is 12.2. The number of ether oxygens (including phenoxy) is 4. The molecule has 7 nitrogen and oxygen atoms in total. The summed E-state index contributed by atoms with van der Waals surface area (Å²) in [6.45, 7) is 2.14. The zero-order valence-corrected chi connectivity index (χ0v) is 20.5. The first-order valence-electron chi connectivity index (χ1n) is 12.2. The number of nitrogens with zero attached hydrogens (tertiary/aromatic N) is 1. The molecule has 1 saturated carbocycles. The molecule has 0 spiro atoms. The first-order chi connectivity index (χ1) is 16.6. The lowest BCUT2D eigenvalue weighted by Gasteiger charge is -2.41. The van der Waals surface area contributed by atoms with Gasteiger partial charge in [-0.2, -0.15) is 0 Å². The summed E-state index contributed by atoms with van der Waals surface area (Å²) in [5.74, 6) is 3.39. The molecule has 1 aliphatic carbocycles. The van der Waals surface area contributed by atoms with Gasteiger partial charge in [-0.1, -0.05) is 31.4 Å². The number of carbonyl (C=O) groups is 1. The molecule has 0 aromatic heterocycles. The summed E-state index contributed by atoms with van der Waals surface area (Å²) in [6, 6.07) is 9.45. The van der Waals surface area contributed by atoms with Crippen molar-refractivity contribution in [1.29, 1.82) is 0 Å². The molecule has 1 heterocycles. The standard InChI is InChI=1S/C27H36N2O5/c1-31-24-22(27(30)29-15-13-19-6-4-5-7-20(19)17-29)16-23(25(32-2)26(24)33-3)34-21-10-8-18(9-11-21)12-14-28/h8-11,16,19-20H,4-7,12-15,17,28H2,1-3H3/t19-,20-/m0/s1. The Morgan fingerprint density at radius 2 is 1.62 bits per heavy atom. The molecule has 184 valence electrons. The van der Waals surface area contributed by atoms with E-state index in [2.05, 4.69) is 0 Å². The Kier molecular flexibility index (Phi) is 7.83. The minimum Gasteiger partial charge on any atom is -0.492 e. The van der Waals surface area contributed by atoms with Crippen LogP contribution in [0.2, 0.25) is 0 Å². The van der Waals surface area contributed by atoms with Gasteiger partial charge in [0.15, 0.2) is 11.5 Å². The van der Waals surface area contributed by atoms with Crippen molar-refractivity contribution in [3.8, 4) is 28.7 Å². The Labute approximate surface area is 202 Å². The van der Waals surface area contributed by atoms with E-state index in [0.717, 1.165) is 37.4 Å². The van der Waals surface area contributed by atoms with E-state index in [0.29, 0.717) is 46.8 Å². The highest BCUT2D eigenvalue weighted by Gasteiger charge is 2.35. The molecule has 0 unspecified atom stereocenters. The third-order valence-electron chi connectivity index (χ3n) is 7.16. The Morgan fingerprint density at radius 1 is 0.941 bits per heavy atom. The zero-order chi connectivity index (χ0) is 24.1. The van der Waals surface area contributed by atoms with Crippen molar-refractivity contribution in [2.45, 2.75) is 38.5 Å². The average Bonchev–Trinajstić information content (AvgIpc) is 2.88. The molecule has 2 aromatic carbocycles. The van der Waals surface area contributed by atoms with Crippen LogP contribution in [0.4, 0.5) is 0 Å². The van der Waals surface area contributed by atoms with E-state index in [1.54, 1.807) is 13.2 Å². The molecule has 2 aliphatic rings. The topological polar surface area (TPSA) is 83.3 Å². The number of rotatable bonds is 8. The number of amides is 1. The SMILES string of the molecule is COc1c(Oc2ccc(CCN)cc2)cc(C(=O)N2CC[C@@H]3CCCC[C@H]3C2)c(OC)c1OC. The number of hydrogen-bond donors (Lipinski definition) is 1. The number of nitrogens with two attached hydrogens (primary N) is 1. The molecular weight excluding hydrogens is 432 g/mol. The molecule has 2 aromatic rings. The minimum absolute atomic E-state index is 0.0648. The van der Waals surface area contributed by atoms with Gasteiger partial charge in [0.05, 0.1) is 26.9 Å². The second kappa shape index (κ2) is 11.0. The fourth-order valence-corrected chi connectivity index (χ4v) is 5.39. The van der Waals surface area contributed by atoms with Gasteiger partial charge in [-0.25, -0.2) is 0 Å². The van der Waals surface area contributed by atoms with Crippen LogP contribution in [0, 0.1) is 11.8 Å². The predicted octanol–water partition coefficient (Wildman–Crippen LogP) is 4.66. The lowest BCUT2D eigenvalue weighted by Crippen LogP contribution is -2.44. The van der Waals surface area contributed by atoms with Gasteiger partial charge >= 0.3 is 0 Å². The number of carbonyl (C=O) groups excluding carboxylic acids is 1. The molecule has 4 rings (SSSR count). The summed E-state index contributed by atoms with van der Waals surface area (Å²) in [5, 5.41) is 0. The number of piperidine rings is 1. The molecule has 1 saturated heterocycles. The summed E-state index contributed by atoms with van der Waals surface area (Å²) in [5.41, 5.74) is 7.21. The summed E-state index contributed by atoms with van der Waals surface area (Å²) in [4.78, 5) is 15.7. The van der Waals surface area contributed by atoms with Crippen molar-refractivity contribution in [2.24, 2.45) is 17.6 Å².